The van der Waals surface area contributed by atoms with E-state index in [1.807, 2.05) is 49.7 Å². The summed E-state index contributed by atoms with van der Waals surface area (Å²) in [7, 11) is 3.43. The van der Waals surface area contributed by atoms with Crippen LogP contribution in [0, 0.1) is 6.92 Å². The minimum atomic E-state index is -0.333. The third kappa shape index (κ3) is 5.41. The molecule has 9 heteroatoms. The number of carbonyl (C=O) groups excluding carboxylic acids is 2. The second kappa shape index (κ2) is 11.6. The molecule has 1 amide bonds. The zero-order valence-corrected chi connectivity index (χ0v) is 22.8. The van der Waals surface area contributed by atoms with Crippen molar-refractivity contribution in [3.8, 4) is 5.75 Å². The van der Waals surface area contributed by atoms with Crippen molar-refractivity contribution in [2.24, 2.45) is 7.05 Å². The molecule has 0 radical (unpaired) electrons. The molecular weight excluding hydrogens is 486 g/mol. The number of para-hydroxylation sites is 2. The quantitative estimate of drug-likeness (QED) is 0.225. The number of rotatable bonds is 11. The number of nitrogens with one attached hydrogen (secondary N) is 1. The normalized spacial score (nSPS) is 12.0. The summed E-state index contributed by atoms with van der Waals surface area (Å²) >= 11 is 1.40. The van der Waals surface area contributed by atoms with Crippen LogP contribution in [0.2, 0.25) is 0 Å². The number of aromatic nitrogens is 4. The van der Waals surface area contributed by atoms with Gasteiger partial charge in [0.2, 0.25) is 0 Å². The highest BCUT2D eigenvalue weighted by Gasteiger charge is 2.26. The van der Waals surface area contributed by atoms with Crippen LogP contribution in [0.5, 0.6) is 5.75 Å². The summed E-state index contributed by atoms with van der Waals surface area (Å²) < 4.78 is 9.39. The first kappa shape index (κ1) is 26.5. The molecular formula is C28H33N5O3S. The number of Topliss-reactive ketones (excluding diaryl/α,β-unsaturated/α-hetero) is 1. The fraction of sp³-hybridized carbons (Fsp3) is 0.357. The third-order valence-corrected chi connectivity index (χ3v) is 7.62. The van der Waals surface area contributed by atoms with Crippen molar-refractivity contribution in [2.45, 2.75) is 50.6 Å². The molecule has 1 atom stereocenters. The number of ketones is 1. The lowest BCUT2D eigenvalue weighted by molar-refractivity contribution is 0.0949. The largest absolute Gasteiger partial charge is 0.496 e. The summed E-state index contributed by atoms with van der Waals surface area (Å²) in [4.78, 5) is 26.2. The second-order valence-corrected chi connectivity index (χ2v) is 10.2. The Balaban J connectivity index is 1.43. The molecule has 1 N–H and O–H groups in total. The van der Waals surface area contributed by atoms with E-state index in [4.69, 9.17) is 4.74 Å². The molecule has 2 aromatic carbocycles. The molecule has 0 fully saturated rings. The minimum Gasteiger partial charge on any atom is -0.496 e. The van der Waals surface area contributed by atoms with Crippen molar-refractivity contribution in [1.82, 2.24) is 24.6 Å². The van der Waals surface area contributed by atoms with Crippen LogP contribution in [-0.4, -0.2) is 49.9 Å². The fourth-order valence-electron chi connectivity index (χ4n) is 4.55. The van der Waals surface area contributed by atoms with Gasteiger partial charge in [-0.15, -0.1) is 10.2 Å². The lowest BCUT2D eigenvalue weighted by Crippen LogP contribution is -2.26. The van der Waals surface area contributed by atoms with Gasteiger partial charge in [0, 0.05) is 48.7 Å². The number of hydrogen-bond acceptors (Lipinski definition) is 6. The molecule has 4 aromatic rings. The number of aryl methyl sites for hydroxylation is 1. The number of fused-ring (bicyclic) bond motifs is 1. The second-order valence-electron chi connectivity index (χ2n) is 8.92. The topological polar surface area (TPSA) is 91.0 Å². The van der Waals surface area contributed by atoms with Crippen molar-refractivity contribution in [3.63, 3.8) is 0 Å². The molecule has 0 aliphatic heterocycles. The molecule has 37 heavy (non-hydrogen) atoms. The predicted octanol–water partition coefficient (Wildman–Crippen LogP) is 4.83. The number of amides is 1. The van der Waals surface area contributed by atoms with Crippen LogP contribution in [-0.2, 0) is 20.0 Å². The number of thioether (sulfide) groups is 1. The highest BCUT2D eigenvalue weighted by molar-refractivity contribution is 8.00. The van der Waals surface area contributed by atoms with Crippen LogP contribution in [0.4, 0.5) is 0 Å². The van der Waals surface area contributed by atoms with E-state index in [0.29, 0.717) is 29.4 Å². The maximum Gasteiger partial charge on any atom is 0.255 e. The highest BCUT2D eigenvalue weighted by Crippen LogP contribution is 2.31. The Morgan fingerprint density at radius 3 is 2.59 bits per heavy atom. The van der Waals surface area contributed by atoms with Crippen LogP contribution < -0.4 is 10.1 Å². The standard InChI is InChI=1S/C28H33N5O3S/c1-6-17-33-18(2)25(20-11-7-9-13-22(20)33)26(34)19(3)37-28-31-30-24(32(28)4)15-16-29-27(35)21-12-8-10-14-23(21)36-5/h7-14,19H,6,15-17H2,1-5H3,(H,29,35). The Morgan fingerprint density at radius 2 is 1.84 bits per heavy atom. The molecule has 1 unspecified atom stereocenters. The Hall–Kier alpha value is -3.59. The van der Waals surface area contributed by atoms with E-state index in [2.05, 4.69) is 33.1 Å². The Bertz CT molecular complexity index is 1420. The lowest BCUT2D eigenvalue weighted by Gasteiger charge is -2.12. The van der Waals surface area contributed by atoms with Gasteiger partial charge in [-0.25, -0.2) is 0 Å². The van der Waals surface area contributed by atoms with Crippen molar-refractivity contribution in [1.29, 1.82) is 0 Å². The van der Waals surface area contributed by atoms with Gasteiger partial charge in [0.25, 0.3) is 5.91 Å². The summed E-state index contributed by atoms with van der Waals surface area (Å²) in [6.45, 7) is 7.36. The number of hydrogen-bond donors (Lipinski definition) is 1. The molecule has 8 nitrogen and oxygen atoms in total. The van der Waals surface area contributed by atoms with E-state index in [0.717, 1.165) is 41.0 Å². The summed E-state index contributed by atoms with van der Waals surface area (Å²) in [6, 6.07) is 15.2. The van der Waals surface area contributed by atoms with Gasteiger partial charge < -0.3 is 19.2 Å². The Labute approximate surface area is 221 Å². The van der Waals surface area contributed by atoms with E-state index in [1.165, 1.54) is 11.8 Å². The summed E-state index contributed by atoms with van der Waals surface area (Å²) in [5, 5.41) is 12.9. The van der Waals surface area contributed by atoms with Crippen LogP contribution in [0.15, 0.2) is 53.7 Å². The van der Waals surface area contributed by atoms with Crippen LogP contribution in [0.25, 0.3) is 10.9 Å². The first-order chi connectivity index (χ1) is 17.9. The monoisotopic (exact) mass is 519 g/mol. The average Bonchev–Trinajstić information content (AvgIpc) is 3.39. The van der Waals surface area contributed by atoms with Gasteiger partial charge in [-0.1, -0.05) is 49.0 Å². The first-order valence-electron chi connectivity index (χ1n) is 12.5. The molecule has 0 saturated heterocycles. The van der Waals surface area contributed by atoms with E-state index < -0.39 is 0 Å². The molecule has 0 bridgehead atoms. The molecule has 0 saturated carbocycles. The van der Waals surface area contributed by atoms with Gasteiger partial charge in [-0.05, 0) is 38.5 Å². The SMILES string of the molecule is CCCn1c(C)c(C(=O)C(C)Sc2nnc(CCNC(=O)c3ccccc3OC)n2C)c2ccccc21. The van der Waals surface area contributed by atoms with Gasteiger partial charge in [-0.3, -0.25) is 9.59 Å². The van der Waals surface area contributed by atoms with Crippen LogP contribution in [0.3, 0.4) is 0 Å². The number of carbonyl (C=O) groups is 2. The highest BCUT2D eigenvalue weighted by atomic mass is 32.2. The summed E-state index contributed by atoms with van der Waals surface area (Å²) in [5.74, 6) is 1.15. The summed E-state index contributed by atoms with van der Waals surface area (Å²) in [6.07, 6.45) is 1.51. The molecule has 2 aromatic heterocycles. The van der Waals surface area contributed by atoms with Crippen molar-refractivity contribution < 1.29 is 14.3 Å². The smallest absolute Gasteiger partial charge is 0.255 e. The van der Waals surface area contributed by atoms with Gasteiger partial charge in [0.1, 0.15) is 11.6 Å². The zero-order chi connectivity index (χ0) is 26.5. The predicted molar refractivity (Wildman–Crippen MR) is 147 cm³/mol. The van der Waals surface area contributed by atoms with Gasteiger partial charge in [0.05, 0.1) is 17.9 Å². The Kier molecular flexibility index (Phi) is 8.33. The first-order valence-corrected chi connectivity index (χ1v) is 13.3. The lowest BCUT2D eigenvalue weighted by atomic mass is 10.0. The number of nitrogens with zero attached hydrogens (tertiary/aromatic N) is 4. The van der Waals surface area contributed by atoms with Crippen molar-refractivity contribution in [3.05, 3.63) is 71.2 Å². The molecule has 0 aliphatic rings. The maximum atomic E-state index is 13.6. The number of methoxy groups -OCH3 is 1. The number of benzene rings is 2. The van der Waals surface area contributed by atoms with E-state index in [9.17, 15) is 9.59 Å². The van der Waals surface area contributed by atoms with Crippen molar-refractivity contribution >= 4 is 34.4 Å². The fourth-order valence-corrected chi connectivity index (χ4v) is 5.44. The van der Waals surface area contributed by atoms with E-state index in [1.54, 1.807) is 25.3 Å². The van der Waals surface area contributed by atoms with Gasteiger partial charge in [0.15, 0.2) is 10.9 Å². The van der Waals surface area contributed by atoms with Crippen molar-refractivity contribution in [2.75, 3.05) is 13.7 Å². The van der Waals surface area contributed by atoms with Crippen LogP contribution >= 0.6 is 11.8 Å². The molecule has 0 aliphatic carbocycles. The van der Waals surface area contributed by atoms with E-state index in [-0.39, 0.29) is 16.9 Å². The minimum absolute atomic E-state index is 0.0853. The van der Waals surface area contributed by atoms with Gasteiger partial charge >= 0.3 is 0 Å². The zero-order valence-electron chi connectivity index (χ0n) is 21.9. The molecule has 0 spiro atoms. The number of ether oxygens (including phenoxy) is 1. The average molecular weight is 520 g/mol. The Morgan fingerprint density at radius 1 is 1.11 bits per heavy atom. The third-order valence-electron chi connectivity index (χ3n) is 6.49. The van der Waals surface area contributed by atoms with Crippen LogP contribution in [0.1, 0.15) is 52.5 Å². The molecule has 4 rings (SSSR count). The molecule has 2 heterocycles. The summed E-state index contributed by atoms with van der Waals surface area (Å²) in [5.41, 5.74) is 3.37. The van der Waals surface area contributed by atoms with Gasteiger partial charge in [-0.2, -0.15) is 0 Å². The van der Waals surface area contributed by atoms with E-state index >= 15 is 0 Å². The molecule has 194 valence electrons. The maximum absolute atomic E-state index is 13.6.